The molecule has 4 nitrogen and oxygen atoms in total. The molecule has 0 aliphatic carbocycles. The molecule has 0 saturated carbocycles. The number of aliphatic hydroxyl groups is 1. The smallest absolute Gasteiger partial charge is 0.0962 e. The predicted octanol–water partition coefficient (Wildman–Crippen LogP) is 1.68. The standard InChI is InChI=1S/C13H22N2O2S/c1-11(5-7-16)18-13-4-3-12(10-15-13)9-14-6-8-17-2/h3-4,10-11,14,16H,5-9H2,1-2H3. The van der Waals surface area contributed by atoms with Crippen molar-refractivity contribution in [1.29, 1.82) is 0 Å². The molecule has 0 spiro atoms. The van der Waals surface area contributed by atoms with Crippen LogP contribution in [-0.2, 0) is 11.3 Å². The second kappa shape index (κ2) is 9.33. The SMILES string of the molecule is COCCNCc1ccc(SC(C)CCO)nc1. The van der Waals surface area contributed by atoms with E-state index in [-0.39, 0.29) is 6.61 Å². The van der Waals surface area contributed by atoms with Gasteiger partial charge in [0.2, 0.25) is 0 Å². The number of hydrogen-bond acceptors (Lipinski definition) is 5. The first-order valence-corrected chi connectivity index (χ1v) is 7.06. The molecule has 0 saturated heterocycles. The zero-order valence-corrected chi connectivity index (χ0v) is 11.9. The monoisotopic (exact) mass is 270 g/mol. The Bertz CT molecular complexity index is 319. The average Bonchev–Trinajstić information content (AvgIpc) is 2.37. The molecule has 1 rings (SSSR count). The number of hydrogen-bond donors (Lipinski definition) is 2. The summed E-state index contributed by atoms with van der Waals surface area (Å²) in [4.78, 5) is 4.41. The van der Waals surface area contributed by atoms with Crippen LogP contribution in [0, 0.1) is 0 Å². The van der Waals surface area contributed by atoms with E-state index in [0.717, 1.165) is 31.1 Å². The Balaban J connectivity index is 2.33. The van der Waals surface area contributed by atoms with E-state index >= 15 is 0 Å². The Morgan fingerprint density at radius 2 is 2.33 bits per heavy atom. The minimum atomic E-state index is 0.232. The molecule has 5 heteroatoms. The van der Waals surface area contributed by atoms with Crippen LogP contribution in [0.5, 0.6) is 0 Å². The van der Waals surface area contributed by atoms with Crippen LogP contribution < -0.4 is 5.32 Å². The summed E-state index contributed by atoms with van der Waals surface area (Å²) in [5.74, 6) is 0. The van der Waals surface area contributed by atoms with E-state index < -0.39 is 0 Å². The van der Waals surface area contributed by atoms with Crippen molar-refractivity contribution in [2.45, 2.75) is 30.2 Å². The van der Waals surface area contributed by atoms with Gasteiger partial charge < -0.3 is 15.2 Å². The van der Waals surface area contributed by atoms with E-state index in [9.17, 15) is 0 Å². The topological polar surface area (TPSA) is 54.4 Å². The lowest BCUT2D eigenvalue weighted by atomic mass is 10.3. The summed E-state index contributed by atoms with van der Waals surface area (Å²) in [7, 11) is 1.70. The highest BCUT2D eigenvalue weighted by Crippen LogP contribution is 2.22. The molecule has 102 valence electrons. The van der Waals surface area contributed by atoms with Gasteiger partial charge in [-0.3, -0.25) is 0 Å². The van der Waals surface area contributed by atoms with Gasteiger partial charge in [0.05, 0.1) is 11.6 Å². The summed E-state index contributed by atoms with van der Waals surface area (Å²) in [5.41, 5.74) is 1.17. The third-order valence-electron chi connectivity index (χ3n) is 2.47. The maximum Gasteiger partial charge on any atom is 0.0962 e. The van der Waals surface area contributed by atoms with Gasteiger partial charge in [-0.1, -0.05) is 13.0 Å². The molecule has 0 amide bonds. The maximum absolute atomic E-state index is 8.85. The molecule has 1 atom stereocenters. The summed E-state index contributed by atoms with van der Waals surface area (Å²) in [6, 6.07) is 4.12. The van der Waals surface area contributed by atoms with E-state index in [1.807, 2.05) is 12.3 Å². The molecule has 18 heavy (non-hydrogen) atoms. The number of nitrogens with one attached hydrogen (secondary N) is 1. The summed E-state index contributed by atoms with van der Waals surface area (Å²) < 4.78 is 4.96. The summed E-state index contributed by atoms with van der Waals surface area (Å²) in [6.45, 7) is 4.71. The molecule has 0 aliphatic rings. The fraction of sp³-hybridized carbons (Fsp3) is 0.615. The number of methoxy groups -OCH3 is 1. The largest absolute Gasteiger partial charge is 0.396 e. The summed E-state index contributed by atoms with van der Waals surface area (Å²) >= 11 is 1.70. The van der Waals surface area contributed by atoms with Crippen LogP contribution in [0.25, 0.3) is 0 Å². The number of pyridine rings is 1. The van der Waals surface area contributed by atoms with E-state index in [2.05, 4.69) is 23.3 Å². The lowest BCUT2D eigenvalue weighted by Crippen LogP contribution is -2.18. The third kappa shape index (κ3) is 6.35. The van der Waals surface area contributed by atoms with Crippen LogP contribution in [-0.4, -0.2) is 42.2 Å². The highest BCUT2D eigenvalue weighted by Gasteiger charge is 2.04. The summed E-state index contributed by atoms with van der Waals surface area (Å²) in [5, 5.41) is 13.5. The van der Waals surface area contributed by atoms with Crippen molar-refractivity contribution in [2.75, 3.05) is 26.9 Å². The van der Waals surface area contributed by atoms with Gasteiger partial charge in [-0.05, 0) is 18.1 Å². The van der Waals surface area contributed by atoms with Crippen molar-refractivity contribution in [3.63, 3.8) is 0 Å². The molecule has 1 aromatic heterocycles. The van der Waals surface area contributed by atoms with Crippen molar-refractivity contribution >= 4 is 11.8 Å². The van der Waals surface area contributed by atoms with E-state index in [4.69, 9.17) is 9.84 Å². The van der Waals surface area contributed by atoms with E-state index in [1.165, 1.54) is 5.56 Å². The second-order valence-electron chi connectivity index (χ2n) is 4.12. The van der Waals surface area contributed by atoms with E-state index in [0.29, 0.717) is 5.25 Å². The van der Waals surface area contributed by atoms with Crippen molar-refractivity contribution in [3.05, 3.63) is 23.9 Å². The molecule has 1 heterocycles. The van der Waals surface area contributed by atoms with Gasteiger partial charge in [0.25, 0.3) is 0 Å². The number of nitrogens with zero attached hydrogens (tertiary/aromatic N) is 1. The quantitative estimate of drug-likeness (QED) is 0.528. The normalized spacial score (nSPS) is 12.6. The van der Waals surface area contributed by atoms with Gasteiger partial charge >= 0.3 is 0 Å². The minimum absolute atomic E-state index is 0.232. The van der Waals surface area contributed by atoms with Crippen molar-refractivity contribution < 1.29 is 9.84 Å². The van der Waals surface area contributed by atoms with Crippen molar-refractivity contribution in [1.82, 2.24) is 10.3 Å². The van der Waals surface area contributed by atoms with Gasteiger partial charge in [-0.15, -0.1) is 11.8 Å². The number of thioether (sulfide) groups is 1. The highest BCUT2D eigenvalue weighted by atomic mass is 32.2. The van der Waals surface area contributed by atoms with Crippen LogP contribution in [0.4, 0.5) is 0 Å². The van der Waals surface area contributed by atoms with Crippen molar-refractivity contribution in [2.24, 2.45) is 0 Å². The first-order chi connectivity index (χ1) is 8.76. The van der Waals surface area contributed by atoms with Crippen molar-refractivity contribution in [3.8, 4) is 0 Å². The molecule has 1 unspecified atom stereocenters. The third-order valence-corrected chi connectivity index (χ3v) is 3.59. The molecule has 1 aromatic rings. The second-order valence-corrected chi connectivity index (χ2v) is 5.57. The van der Waals surface area contributed by atoms with Gasteiger partial charge in [0.15, 0.2) is 0 Å². The molecule has 0 radical (unpaired) electrons. The van der Waals surface area contributed by atoms with Gasteiger partial charge in [0.1, 0.15) is 0 Å². The van der Waals surface area contributed by atoms with Crippen LogP contribution >= 0.6 is 11.8 Å². The van der Waals surface area contributed by atoms with Crippen LogP contribution in [0.3, 0.4) is 0 Å². The lowest BCUT2D eigenvalue weighted by Gasteiger charge is -2.09. The molecule has 0 fully saturated rings. The van der Waals surface area contributed by atoms with Gasteiger partial charge in [-0.25, -0.2) is 4.98 Å². The lowest BCUT2D eigenvalue weighted by molar-refractivity contribution is 0.199. The number of rotatable bonds is 9. The summed E-state index contributed by atoms with van der Waals surface area (Å²) in [6.07, 6.45) is 2.69. The molecule has 0 aromatic carbocycles. The number of ether oxygens (including phenoxy) is 1. The number of aromatic nitrogens is 1. The van der Waals surface area contributed by atoms with Crippen LogP contribution in [0.2, 0.25) is 0 Å². The zero-order valence-electron chi connectivity index (χ0n) is 11.1. The van der Waals surface area contributed by atoms with E-state index in [1.54, 1.807) is 18.9 Å². The predicted molar refractivity (Wildman–Crippen MR) is 74.8 cm³/mol. The molecule has 0 aliphatic heterocycles. The Morgan fingerprint density at radius 1 is 1.50 bits per heavy atom. The molecular formula is C13H22N2O2S. The zero-order chi connectivity index (χ0) is 13.2. The molecule has 0 bridgehead atoms. The maximum atomic E-state index is 8.85. The molecular weight excluding hydrogens is 248 g/mol. The Labute approximate surface area is 113 Å². The number of aliphatic hydroxyl groups excluding tert-OH is 1. The van der Waals surface area contributed by atoms with Gasteiger partial charge in [-0.2, -0.15) is 0 Å². The first-order valence-electron chi connectivity index (χ1n) is 6.18. The first kappa shape index (κ1) is 15.4. The van der Waals surface area contributed by atoms with Crippen LogP contribution in [0.15, 0.2) is 23.4 Å². The minimum Gasteiger partial charge on any atom is -0.396 e. The highest BCUT2D eigenvalue weighted by molar-refractivity contribution is 7.99. The Morgan fingerprint density at radius 3 is 2.94 bits per heavy atom. The van der Waals surface area contributed by atoms with Gasteiger partial charge in [0, 0.05) is 38.3 Å². The average molecular weight is 270 g/mol. The molecule has 2 N–H and O–H groups in total. The van der Waals surface area contributed by atoms with Crippen LogP contribution in [0.1, 0.15) is 18.9 Å². The fourth-order valence-electron chi connectivity index (χ4n) is 1.44. The fourth-order valence-corrected chi connectivity index (χ4v) is 2.33. The Kier molecular flexibility index (Phi) is 8.00. The Hall–Kier alpha value is -0.620.